The molecule has 1 aromatic rings. The third-order valence-electron chi connectivity index (χ3n) is 4.52. The smallest absolute Gasteiger partial charge is 0.252 e. The maximum absolute atomic E-state index is 11.8. The van der Waals surface area contributed by atoms with E-state index in [4.69, 9.17) is 0 Å². The molecule has 2 N–H and O–H groups in total. The Hall–Kier alpha value is -1.36. The lowest BCUT2D eigenvalue weighted by Crippen LogP contribution is -2.51. The Labute approximate surface area is 119 Å². The Morgan fingerprint density at radius 2 is 2.25 bits per heavy atom. The van der Waals surface area contributed by atoms with Gasteiger partial charge in [0.2, 0.25) is 0 Å². The van der Waals surface area contributed by atoms with E-state index in [0.717, 1.165) is 31.2 Å². The number of anilines is 1. The summed E-state index contributed by atoms with van der Waals surface area (Å²) in [5, 5.41) is 3.61. The number of H-pyrrole nitrogens is 1. The Morgan fingerprint density at radius 3 is 3.00 bits per heavy atom. The van der Waals surface area contributed by atoms with Crippen LogP contribution in [0.5, 0.6) is 0 Å². The van der Waals surface area contributed by atoms with Crippen molar-refractivity contribution in [3.05, 3.63) is 22.2 Å². The molecule has 0 saturated carbocycles. The van der Waals surface area contributed by atoms with E-state index >= 15 is 0 Å². The molecule has 5 heteroatoms. The fraction of sp³-hybridized carbons (Fsp3) is 0.733. The van der Waals surface area contributed by atoms with Crippen LogP contribution in [-0.2, 0) is 6.42 Å². The van der Waals surface area contributed by atoms with Crippen molar-refractivity contribution >= 4 is 5.82 Å². The van der Waals surface area contributed by atoms with Gasteiger partial charge in [-0.1, -0.05) is 6.92 Å². The van der Waals surface area contributed by atoms with Gasteiger partial charge >= 0.3 is 0 Å². The van der Waals surface area contributed by atoms with E-state index in [-0.39, 0.29) is 5.56 Å². The standard InChI is InChI=1S/C15H24N4O/c1-2-13-17-14(10-15(20)18-13)19-9-4-3-7-12(19)11-6-5-8-16-11/h10-12,16H,2-9H2,1H3,(H,17,18,20). The second-order valence-electron chi connectivity index (χ2n) is 5.86. The fourth-order valence-corrected chi connectivity index (χ4v) is 3.51. The third kappa shape index (κ3) is 2.73. The van der Waals surface area contributed by atoms with E-state index in [2.05, 4.69) is 20.2 Å². The zero-order chi connectivity index (χ0) is 13.9. The first-order valence-electron chi connectivity index (χ1n) is 7.88. The average Bonchev–Trinajstić information content (AvgIpc) is 3.00. The lowest BCUT2D eigenvalue weighted by atomic mass is 9.94. The summed E-state index contributed by atoms with van der Waals surface area (Å²) in [5.74, 6) is 1.65. The van der Waals surface area contributed by atoms with Crippen molar-refractivity contribution in [1.82, 2.24) is 15.3 Å². The molecule has 3 heterocycles. The molecule has 0 spiro atoms. The molecule has 2 unspecified atom stereocenters. The summed E-state index contributed by atoms with van der Waals surface area (Å²) in [5.41, 5.74) is -0.0319. The SMILES string of the molecule is CCc1nc(N2CCCCC2C2CCCN2)cc(=O)[nH]1. The number of nitrogens with zero attached hydrogens (tertiary/aromatic N) is 2. The van der Waals surface area contributed by atoms with E-state index < -0.39 is 0 Å². The van der Waals surface area contributed by atoms with E-state index in [1.807, 2.05) is 6.92 Å². The third-order valence-corrected chi connectivity index (χ3v) is 4.52. The lowest BCUT2D eigenvalue weighted by molar-refractivity contribution is 0.375. The number of piperidine rings is 1. The van der Waals surface area contributed by atoms with Gasteiger partial charge in [0.15, 0.2) is 0 Å². The molecule has 0 amide bonds. The van der Waals surface area contributed by atoms with Gasteiger partial charge in [-0.15, -0.1) is 0 Å². The molecule has 20 heavy (non-hydrogen) atoms. The van der Waals surface area contributed by atoms with Crippen molar-refractivity contribution in [1.29, 1.82) is 0 Å². The van der Waals surface area contributed by atoms with Crippen LogP contribution in [-0.4, -0.2) is 35.1 Å². The van der Waals surface area contributed by atoms with Crippen LogP contribution in [0.15, 0.2) is 10.9 Å². The second-order valence-corrected chi connectivity index (χ2v) is 5.86. The molecular formula is C15H24N4O. The van der Waals surface area contributed by atoms with Crippen LogP contribution in [0, 0.1) is 0 Å². The van der Waals surface area contributed by atoms with E-state index in [1.165, 1.54) is 32.1 Å². The fourth-order valence-electron chi connectivity index (χ4n) is 3.51. The summed E-state index contributed by atoms with van der Waals surface area (Å²) in [4.78, 5) is 21.6. The van der Waals surface area contributed by atoms with Crippen molar-refractivity contribution in [2.75, 3.05) is 18.0 Å². The largest absolute Gasteiger partial charge is 0.352 e. The zero-order valence-electron chi connectivity index (χ0n) is 12.2. The number of hydrogen-bond acceptors (Lipinski definition) is 4. The molecule has 0 aliphatic carbocycles. The summed E-state index contributed by atoms with van der Waals surface area (Å²) in [6.07, 6.45) is 6.95. The number of hydrogen-bond donors (Lipinski definition) is 2. The molecule has 2 atom stereocenters. The van der Waals surface area contributed by atoms with Crippen molar-refractivity contribution in [3.63, 3.8) is 0 Å². The second kappa shape index (κ2) is 5.95. The minimum atomic E-state index is -0.0319. The zero-order valence-corrected chi connectivity index (χ0v) is 12.2. The first-order valence-corrected chi connectivity index (χ1v) is 7.88. The van der Waals surface area contributed by atoms with E-state index in [9.17, 15) is 4.79 Å². The molecule has 110 valence electrons. The van der Waals surface area contributed by atoms with Crippen LogP contribution in [0.3, 0.4) is 0 Å². The van der Waals surface area contributed by atoms with Crippen molar-refractivity contribution in [3.8, 4) is 0 Å². The number of rotatable bonds is 3. The predicted molar refractivity (Wildman–Crippen MR) is 80.2 cm³/mol. The first-order chi connectivity index (χ1) is 9.78. The van der Waals surface area contributed by atoms with Gasteiger partial charge in [-0.3, -0.25) is 4.79 Å². The van der Waals surface area contributed by atoms with Gasteiger partial charge in [0.1, 0.15) is 11.6 Å². The maximum atomic E-state index is 11.8. The molecule has 2 saturated heterocycles. The molecule has 2 fully saturated rings. The summed E-state index contributed by atoms with van der Waals surface area (Å²) in [7, 11) is 0. The maximum Gasteiger partial charge on any atom is 0.252 e. The highest BCUT2D eigenvalue weighted by Crippen LogP contribution is 2.27. The Kier molecular flexibility index (Phi) is 4.05. The lowest BCUT2D eigenvalue weighted by Gasteiger charge is -2.40. The van der Waals surface area contributed by atoms with Gasteiger partial charge in [0.25, 0.3) is 5.56 Å². The molecule has 0 bridgehead atoms. The normalized spacial score (nSPS) is 26.9. The van der Waals surface area contributed by atoms with Crippen LogP contribution >= 0.6 is 0 Å². The highest BCUT2D eigenvalue weighted by atomic mass is 16.1. The van der Waals surface area contributed by atoms with Crippen LogP contribution in [0.4, 0.5) is 5.82 Å². The van der Waals surface area contributed by atoms with Gasteiger partial charge in [-0.2, -0.15) is 0 Å². The van der Waals surface area contributed by atoms with Crippen LogP contribution in [0.1, 0.15) is 44.9 Å². The molecular weight excluding hydrogens is 252 g/mol. The topological polar surface area (TPSA) is 61.0 Å². The summed E-state index contributed by atoms with van der Waals surface area (Å²) >= 11 is 0. The van der Waals surface area contributed by atoms with E-state index in [1.54, 1.807) is 6.07 Å². The van der Waals surface area contributed by atoms with Gasteiger partial charge in [-0.05, 0) is 38.6 Å². The molecule has 1 aromatic heterocycles. The van der Waals surface area contributed by atoms with Crippen molar-refractivity contribution < 1.29 is 0 Å². The van der Waals surface area contributed by atoms with Gasteiger partial charge in [-0.25, -0.2) is 4.98 Å². The van der Waals surface area contributed by atoms with Crippen molar-refractivity contribution in [2.45, 2.75) is 57.5 Å². The van der Waals surface area contributed by atoms with Crippen LogP contribution in [0.2, 0.25) is 0 Å². The highest BCUT2D eigenvalue weighted by Gasteiger charge is 2.32. The summed E-state index contributed by atoms with van der Waals surface area (Å²) in [6, 6.07) is 2.71. The summed E-state index contributed by atoms with van der Waals surface area (Å²) in [6.45, 7) is 4.16. The van der Waals surface area contributed by atoms with E-state index in [0.29, 0.717) is 12.1 Å². The van der Waals surface area contributed by atoms with Gasteiger partial charge in [0.05, 0.1) is 0 Å². The van der Waals surface area contributed by atoms with Crippen molar-refractivity contribution in [2.24, 2.45) is 0 Å². The molecule has 2 aliphatic rings. The predicted octanol–water partition coefficient (Wildman–Crippen LogP) is 1.44. The minimum absolute atomic E-state index is 0.0319. The van der Waals surface area contributed by atoms with Gasteiger partial charge < -0.3 is 15.2 Å². The molecule has 0 radical (unpaired) electrons. The molecule has 2 aliphatic heterocycles. The van der Waals surface area contributed by atoms with Crippen LogP contribution < -0.4 is 15.8 Å². The molecule has 3 rings (SSSR count). The number of aromatic amines is 1. The van der Waals surface area contributed by atoms with Gasteiger partial charge in [0, 0.05) is 31.1 Å². The monoisotopic (exact) mass is 276 g/mol. The summed E-state index contributed by atoms with van der Waals surface area (Å²) < 4.78 is 0. The first kappa shape index (κ1) is 13.6. The Morgan fingerprint density at radius 1 is 1.35 bits per heavy atom. The Balaban J connectivity index is 1.88. The molecule has 5 nitrogen and oxygen atoms in total. The highest BCUT2D eigenvalue weighted by molar-refractivity contribution is 5.40. The van der Waals surface area contributed by atoms with Crippen LogP contribution in [0.25, 0.3) is 0 Å². The minimum Gasteiger partial charge on any atom is -0.352 e. The number of nitrogens with one attached hydrogen (secondary N) is 2. The Bertz CT molecular complexity index is 507. The number of aromatic nitrogens is 2. The average molecular weight is 276 g/mol. The molecule has 0 aromatic carbocycles. The quantitative estimate of drug-likeness (QED) is 0.877. The number of aryl methyl sites for hydroxylation is 1.